The van der Waals surface area contributed by atoms with Gasteiger partial charge in [-0.2, -0.15) is 0 Å². The number of benzene rings is 1. The summed E-state index contributed by atoms with van der Waals surface area (Å²) in [5, 5.41) is 4.52. The van der Waals surface area contributed by atoms with E-state index in [1.807, 2.05) is 25.4 Å². The van der Waals surface area contributed by atoms with Crippen molar-refractivity contribution in [3.05, 3.63) is 78.9 Å². The third-order valence-corrected chi connectivity index (χ3v) is 7.09. The predicted molar refractivity (Wildman–Crippen MR) is 131 cm³/mol. The van der Waals surface area contributed by atoms with E-state index in [2.05, 4.69) is 74.3 Å². The van der Waals surface area contributed by atoms with Gasteiger partial charge < -0.3 is 10.2 Å². The summed E-state index contributed by atoms with van der Waals surface area (Å²) in [6, 6.07) is 19.0. The predicted octanol–water partition coefficient (Wildman–Crippen LogP) is 4.33. The molecule has 0 atom stereocenters. The molecule has 2 aliphatic heterocycles. The molecular formula is C27H24N6. The number of para-hydroxylation sites is 1. The molecule has 1 N–H and O–H groups in total. The third kappa shape index (κ3) is 2.94. The number of nitrogens with zero attached hydrogens (tertiary/aromatic N) is 5. The van der Waals surface area contributed by atoms with E-state index in [1.54, 1.807) is 0 Å². The van der Waals surface area contributed by atoms with Crippen LogP contribution in [0.5, 0.6) is 0 Å². The minimum absolute atomic E-state index is 0.502. The van der Waals surface area contributed by atoms with Crippen LogP contribution in [0.2, 0.25) is 0 Å². The lowest BCUT2D eigenvalue weighted by Gasteiger charge is -2.56. The largest absolute Gasteiger partial charge is 0.355 e. The molecule has 0 aliphatic carbocycles. The summed E-state index contributed by atoms with van der Waals surface area (Å²) in [7, 11) is 0. The molecule has 5 aromatic rings. The molecule has 7 rings (SSSR count). The lowest BCUT2D eigenvalue weighted by atomic mass is 9.74. The lowest BCUT2D eigenvalue weighted by Crippen LogP contribution is -2.71. The maximum Gasteiger partial charge on any atom is 0.137 e. The molecule has 6 heterocycles. The maximum absolute atomic E-state index is 4.75. The molecule has 33 heavy (non-hydrogen) atoms. The fourth-order valence-electron chi connectivity index (χ4n) is 5.25. The van der Waals surface area contributed by atoms with E-state index in [9.17, 15) is 0 Å². The van der Waals surface area contributed by atoms with Gasteiger partial charge in [0.05, 0.1) is 17.4 Å². The summed E-state index contributed by atoms with van der Waals surface area (Å²) in [6.07, 6.45) is 6.04. The number of anilines is 1. The van der Waals surface area contributed by atoms with Gasteiger partial charge in [-0.15, -0.1) is 0 Å². The summed E-state index contributed by atoms with van der Waals surface area (Å²) in [5.41, 5.74) is 7.89. The van der Waals surface area contributed by atoms with Crippen LogP contribution in [0.1, 0.15) is 5.69 Å². The summed E-state index contributed by atoms with van der Waals surface area (Å²) in [5.74, 6) is 1.07. The number of fused-ring (bicyclic) bond motifs is 2. The average Bonchev–Trinajstić information content (AvgIpc) is 3.20. The summed E-state index contributed by atoms with van der Waals surface area (Å²) < 4.78 is 2.15. The monoisotopic (exact) mass is 432 g/mol. The first-order chi connectivity index (χ1) is 16.2. The van der Waals surface area contributed by atoms with Crippen molar-refractivity contribution in [2.24, 2.45) is 5.41 Å². The Morgan fingerprint density at radius 2 is 1.79 bits per heavy atom. The van der Waals surface area contributed by atoms with Gasteiger partial charge in [-0.3, -0.25) is 9.38 Å². The number of aryl methyl sites for hydroxylation is 1. The second-order valence-electron chi connectivity index (χ2n) is 9.48. The van der Waals surface area contributed by atoms with Gasteiger partial charge in [0.25, 0.3) is 0 Å². The Kier molecular flexibility index (Phi) is 3.90. The zero-order valence-electron chi connectivity index (χ0n) is 18.5. The highest BCUT2D eigenvalue weighted by Gasteiger charge is 2.47. The highest BCUT2D eigenvalue weighted by atomic mass is 15.3. The van der Waals surface area contributed by atoms with Gasteiger partial charge in [-0.25, -0.2) is 9.97 Å². The van der Waals surface area contributed by atoms with E-state index in [0.717, 1.165) is 76.6 Å². The van der Waals surface area contributed by atoms with E-state index in [0.29, 0.717) is 5.41 Å². The van der Waals surface area contributed by atoms with Crippen molar-refractivity contribution in [1.82, 2.24) is 24.7 Å². The maximum atomic E-state index is 4.75. The number of imidazole rings is 1. The Hall–Kier alpha value is -3.77. The SMILES string of the molecule is Cc1cc(-c2cnc3cc(-c4ccc(N5CC6(CNC6)C5)nc4)ccn23)c2ccccc2n1. The number of rotatable bonds is 3. The van der Waals surface area contributed by atoms with Crippen LogP contribution in [0.3, 0.4) is 0 Å². The molecular weight excluding hydrogens is 408 g/mol. The molecule has 6 heteroatoms. The normalized spacial score (nSPS) is 16.8. The van der Waals surface area contributed by atoms with Gasteiger partial charge in [-0.1, -0.05) is 18.2 Å². The van der Waals surface area contributed by atoms with Gasteiger partial charge in [0, 0.05) is 66.2 Å². The minimum atomic E-state index is 0.502. The lowest BCUT2D eigenvalue weighted by molar-refractivity contribution is 0.120. The fourth-order valence-corrected chi connectivity index (χ4v) is 5.25. The summed E-state index contributed by atoms with van der Waals surface area (Å²) in [6.45, 7) is 6.54. The molecule has 0 saturated carbocycles. The second-order valence-corrected chi connectivity index (χ2v) is 9.48. The standard InChI is InChI=1S/C27H24N6/c1-18-10-22(21-4-2-3-5-23(21)31-18)24-13-30-26-11-19(8-9-33(24)26)20-6-7-25(29-12-20)32-16-27(17-32)14-28-15-27/h2-13,28H,14-17H2,1H3. The number of hydrogen-bond donors (Lipinski definition) is 1. The van der Waals surface area contributed by atoms with Crippen LogP contribution in [-0.4, -0.2) is 45.5 Å². The van der Waals surface area contributed by atoms with Crippen LogP contribution < -0.4 is 10.2 Å². The van der Waals surface area contributed by atoms with E-state index >= 15 is 0 Å². The molecule has 2 aliphatic rings. The number of aromatic nitrogens is 4. The molecule has 0 unspecified atom stereocenters. The van der Waals surface area contributed by atoms with Crippen LogP contribution in [0, 0.1) is 12.3 Å². The van der Waals surface area contributed by atoms with Crippen molar-refractivity contribution in [2.75, 3.05) is 31.1 Å². The third-order valence-electron chi connectivity index (χ3n) is 7.09. The Morgan fingerprint density at radius 1 is 0.909 bits per heavy atom. The van der Waals surface area contributed by atoms with Crippen molar-refractivity contribution >= 4 is 22.4 Å². The molecule has 0 bridgehead atoms. The fraction of sp³-hybridized carbons (Fsp3) is 0.222. The van der Waals surface area contributed by atoms with E-state index in [4.69, 9.17) is 9.97 Å². The molecule has 4 aromatic heterocycles. The second kappa shape index (κ2) is 6.86. The molecule has 2 saturated heterocycles. The molecule has 6 nitrogen and oxygen atoms in total. The summed E-state index contributed by atoms with van der Waals surface area (Å²) >= 11 is 0. The van der Waals surface area contributed by atoms with Crippen LogP contribution in [0.15, 0.2) is 73.2 Å². The first kappa shape index (κ1) is 18.8. The van der Waals surface area contributed by atoms with Gasteiger partial charge in [0.1, 0.15) is 11.5 Å². The molecule has 1 spiro atoms. The van der Waals surface area contributed by atoms with Crippen molar-refractivity contribution < 1.29 is 0 Å². The van der Waals surface area contributed by atoms with Gasteiger partial charge >= 0.3 is 0 Å². The van der Waals surface area contributed by atoms with E-state index in [-0.39, 0.29) is 0 Å². The van der Waals surface area contributed by atoms with Crippen molar-refractivity contribution in [2.45, 2.75) is 6.92 Å². The first-order valence-electron chi connectivity index (χ1n) is 11.4. The quantitative estimate of drug-likeness (QED) is 0.460. The molecule has 1 aromatic carbocycles. The van der Waals surface area contributed by atoms with Crippen LogP contribution in [0.4, 0.5) is 5.82 Å². The number of nitrogens with one attached hydrogen (secondary N) is 1. The topological polar surface area (TPSA) is 58.4 Å². The number of pyridine rings is 3. The van der Waals surface area contributed by atoms with Gasteiger partial charge in [-0.05, 0) is 48.9 Å². The van der Waals surface area contributed by atoms with Crippen molar-refractivity contribution in [1.29, 1.82) is 0 Å². The van der Waals surface area contributed by atoms with Crippen LogP contribution in [-0.2, 0) is 0 Å². The molecule has 2 fully saturated rings. The molecule has 0 amide bonds. The molecule has 0 radical (unpaired) electrons. The highest BCUT2D eigenvalue weighted by molar-refractivity contribution is 5.94. The van der Waals surface area contributed by atoms with Crippen LogP contribution in [0.25, 0.3) is 38.9 Å². The zero-order valence-corrected chi connectivity index (χ0v) is 18.5. The van der Waals surface area contributed by atoms with Crippen molar-refractivity contribution in [3.63, 3.8) is 0 Å². The Labute approximate surface area is 191 Å². The average molecular weight is 433 g/mol. The number of hydrogen-bond acceptors (Lipinski definition) is 5. The Bertz CT molecular complexity index is 1510. The Morgan fingerprint density at radius 3 is 2.58 bits per heavy atom. The van der Waals surface area contributed by atoms with Crippen LogP contribution >= 0.6 is 0 Å². The first-order valence-corrected chi connectivity index (χ1v) is 11.4. The molecule has 162 valence electrons. The minimum Gasteiger partial charge on any atom is -0.355 e. The smallest absolute Gasteiger partial charge is 0.137 e. The van der Waals surface area contributed by atoms with E-state index < -0.39 is 0 Å². The Balaban J connectivity index is 1.22. The van der Waals surface area contributed by atoms with Gasteiger partial charge in [0.2, 0.25) is 0 Å². The van der Waals surface area contributed by atoms with E-state index in [1.165, 1.54) is 0 Å². The highest BCUT2D eigenvalue weighted by Crippen LogP contribution is 2.37. The van der Waals surface area contributed by atoms with Crippen molar-refractivity contribution in [3.8, 4) is 22.4 Å². The zero-order chi connectivity index (χ0) is 22.0. The summed E-state index contributed by atoms with van der Waals surface area (Å²) in [4.78, 5) is 16.5. The van der Waals surface area contributed by atoms with Gasteiger partial charge in [0.15, 0.2) is 0 Å².